The molecule has 0 unspecified atom stereocenters. The molecule has 0 bridgehead atoms. The minimum atomic E-state index is -0.368. The Morgan fingerprint density at radius 3 is 2.00 bits per heavy atom. The molecule has 6 heteroatoms. The van der Waals surface area contributed by atoms with Crippen LogP contribution in [0.3, 0.4) is 0 Å². The summed E-state index contributed by atoms with van der Waals surface area (Å²) in [6.45, 7) is 5.94. The minimum Gasteiger partial charge on any atom is -0.493 e. The number of carbonyl (C=O) groups excluding carboxylic acids is 1. The molecule has 26 heavy (non-hydrogen) atoms. The van der Waals surface area contributed by atoms with E-state index in [2.05, 4.69) is 17.5 Å². The number of benzene rings is 2. The van der Waals surface area contributed by atoms with E-state index in [0.29, 0.717) is 28.5 Å². The Balaban J connectivity index is 2.25. The van der Waals surface area contributed by atoms with Crippen LogP contribution in [0, 0.1) is 13.8 Å². The van der Waals surface area contributed by atoms with Crippen LogP contribution in [0.4, 0.5) is 0 Å². The maximum atomic E-state index is 12.5. The monoisotopic (exact) mass is 356 g/mol. The van der Waals surface area contributed by atoms with E-state index in [9.17, 15) is 4.79 Å². The van der Waals surface area contributed by atoms with Crippen LogP contribution in [-0.4, -0.2) is 32.9 Å². The van der Waals surface area contributed by atoms with Gasteiger partial charge in [-0.25, -0.2) is 5.43 Å². The van der Waals surface area contributed by atoms with E-state index >= 15 is 0 Å². The van der Waals surface area contributed by atoms with Gasteiger partial charge in [-0.3, -0.25) is 4.79 Å². The second-order valence-corrected chi connectivity index (χ2v) is 5.85. The molecular formula is C20H24N2O4. The van der Waals surface area contributed by atoms with E-state index in [1.807, 2.05) is 32.0 Å². The molecule has 0 spiro atoms. The molecule has 1 amide bonds. The molecule has 0 aliphatic rings. The third-order valence-electron chi connectivity index (χ3n) is 4.18. The van der Waals surface area contributed by atoms with Crippen LogP contribution in [-0.2, 0) is 0 Å². The number of hydrogen-bond acceptors (Lipinski definition) is 5. The van der Waals surface area contributed by atoms with Crippen molar-refractivity contribution in [2.45, 2.75) is 20.8 Å². The highest BCUT2D eigenvalue weighted by Crippen LogP contribution is 2.38. The van der Waals surface area contributed by atoms with Gasteiger partial charge in [0.1, 0.15) is 0 Å². The number of methoxy groups -OCH3 is 3. The molecule has 0 aliphatic heterocycles. The standard InChI is InChI=1S/C20H24N2O4/c1-12-7-8-15(9-13(12)2)14(3)21-22-20(23)16-10-17(24-4)19(26-6)18(11-16)25-5/h7-11H,1-6H3,(H,22,23)/b21-14-. The Labute approximate surface area is 153 Å². The molecule has 1 N–H and O–H groups in total. The van der Waals surface area contributed by atoms with Gasteiger partial charge < -0.3 is 14.2 Å². The molecule has 2 aromatic rings. The lowest BCUT2D eigenvalue weighted by atomic mass is 10.0. The Bertz CT molecular complexity index is 819. The molecule has 2 aromatic carbocycles. The molecule has 138 valence electrons. The Morgan fingerprint density at radius 2 is 1.50 bits per heavy atom. The predicted molar refractivity (Wildman–Crippen MR) is 102 cm³/mol. The molecule has 0 aliphatic carbocycles. The number of hydrogen-bond donors (Lipinski definition) is 1. The highest BCUT2D eigenvalue weighted by molar-refractivity contribution is 6.01. The fourth-order valence-electron chi connectivity index (χ4n) is 2.44. The summed E-state index contributed by atoms with van der Waals surface area (Å²) in [5.74, 6) is 0.882. The summed E-state index contributed by atoms with van der Waals surface area (Å²) in [6, 6.07) is 9.21. The van der Waals surface area contributed by atoms with Gasteiger partial charge in [-0.1, -0.05) is 12.1 Å². The van der Waals surface area contributed by atoms with Crippen LogP contribution in [0.25, 0.3) is 0 Å². The maximum absolute atomic E-state index is 12.5. The highest BCUT2D eigenvalue weighted by Gasteiger charge is 2.16. The summed E-state index contributed by atoms with van der Waals surface area (Å²) in [6.07, 6.45) is 0. The Hall–Kier alpha value is -3.02. The van der Waals surface area contributed by atoms with Crippen molar-refractivity contribution in [2.75, 3.05) is 21.3 Å². The molecule has 0 heterocycles. The van der Waals surface area contributed by atoms with E-state index in [0.717, 1.165) is 5.56 Å². The number of amides is 1. The summed E-state index contributed by atoms with van der Waals surface area (Å²) < 4.78 is 15.8. The molecule has 6 nitrogen and oxygen atoms in total. The normalized spacial score (nSPS) is 11.1. The summed E-state index contributed by atoms with van der Waals surface area (Å²) >= 11 is 0. The quantitative estimate of drug-likeness (QED) is 0.635. The average molecular weight is 356 g/mol. The summed E-state index contributed by atoms with van der Waals surface area (Å²) in [7, 11) is 4.51. The van der Waals surface area contributed by atoms with Gasteiger partial charge in [-0.15, -0.1) is 0 Å². The van der Waals surface area contributed by atoms with Crippen LogP contribution in [0.2, 0.25) is 0 Å². The third-order valence-corrected chi connectivity index (χ3v) is 4.18. The van der Waals surface area contributed by atoms with E-state index in [1.54, 1.807) is 12.1 Å². The van der Waals surface area contributed by atoms with Crippen LogP contribution in [0.15, 0.2) is 35.4 Å². The van der Waals surface area contributed by atoms with E-state index in [-0.39, 0.29) is 5.91 Å². The number of rotatable bonds is 6. The van der Waals surface area contributed by atoms with Crippen molar-refractivity contribution in [3.8, 4) is 17.2 Å². The second-order valence-electron chi connectivity index (χ2n) is 5.85. The fourth-order valence-corrected chi connectivity index (χ4v) is 2.44. The predicted octanol–water partition coefficient (Wildman–Crippen LogP) is 3.48. The first kappa shape index (κ1) is 19.3. The van der Waals surface area contributed by atoms with Crippen molar-refractivity contribution < 1.29 is 19.0 Å². The van der Waals surface area contributed by atoms with Gasteiger partial charge >= 0.3 is 0 Å². The summed E-state index contributed by atoms with van der Waals surface area (Å²) in [4.78, 5) is 12.5. The highest BCUT2D eigenvalue weighted by atomic mass is 16.5. The lowest BCUT2D eigenvalue weighted by Gasteiger charge is -2.13. The van der Waals surface area contributed by atoms with Gasteiger partial charge in [0, 0.05) is 5.56 Å². The van der Waals surface area contributed by atoms with Crippen molar-refractivity contribution in [1.29, 1.82) is 0 Å². The third kappa shape index (κ3) is 4.14. The van der Waals surface area contributed by atoms with Crippen LogP contribution in [0.1, 0.15) is 34.0 Å². The van der Waals surface area contributed by atoms with E-state index in [1.165, 1.54) is 32.5 Å². The molecule has 0 radical (unpaired) electrons. The largest absolute Gasteiger partial charge is 0.493 e. The van der Waals surface area contributed by atoms with Gasteiger partial charge in [-0.05, 0) is 55.7 Å². The van der Waals surface area contributed by atoms with Gasteiger partial charge in [-0.2, -0.15) is 5.10 Å². The molecule has 0 atom stereocenters. The number of carbonyl (C=O) groups is 1. The zero-order valence-electron chi connectivity index (χ0n) is 16.0. The zero-order valence-corrected chi connectivity index (χ0v) is 16.0. The van der Waals surface area contributed by atoms with E-state index in [4.69, 9.17) is 14.2 Å². The zero-order chi connectivity index (χ0) is 19.3. The topological polar surface area (TPSA) is 69.2 Å². The molecule has 2 rings (SSSR count). The number of nitrogens with one attached hydrogen (secondary N) is 1. The summed E-state index contributed by atoms with van der Waals surface area (Å²) in [5.41, 5.74) is 6.98. The maximum Gasteiger partial charge on any atom is 0.271 e. The van der Waals surface area contributed by atoms with Gasteiger partial charge in [0.2, 0.25) is 5.75 Å². The van der Waals surface area contributed by atoms with Gasteiger partial charge in [0.15, 0.2) is 11.5 Å². The van der Waals surface area contributed by atoms with Crippen molar-refractivity contribution in [1.82, 2.24) is 5.43 Å². The fraction of sp³-hybridized carbons (Fsp3) is 0.300. The number of hydrazone groups is 1. The first-order valence-corrected chi connectivity index (χ1v) is 8.13. The minimum absolute atomic E-state index is 0.358. The van der Waals surface area contributed by atoms with Crippen molar-refractivity contribution in [3.05, 3.63) is 52.6 Å². The van der Waals surface area contributed by atoms with Crippen molar-refractivity contribution in [3.63, 3.8) is 0 Å². The van der Waals surface area contributed by atoms with Crippen LogP contribution >= 0.6 is 0 Å². The lowest BCUT2D eigenvalue weighted by molar-refractivity contribution is 0.0954. The average Bonchev–Trinajstić information content (AvgIpc) is 2.66. The second kappa shape index (κ2) is 8.38. The lowest BCUT2D eigenvalue weighted by Crippen LogP contribution is -2.19. The molecule has 0 aromatic heterocycles. The Morgan fingerprint density at radius 1 is 0.885 bits per heavy atom. The van der Waals surface area contributed by atoms with Gasteiger partial charge in [0.25, 0.3) is 5.91 Å². The van der Waals surface area contributed by atoms with Crippen LogP contribution < -0.4 is 19.6 Å². The molecule has 0 fully saturated rings. The number of aryl methyl sites for hydroxylation is 2. The molecule has 0 saturated carbocycles. The Kier molecular flexibility index (Phi) is 6.22. The van der Waals surface area contributed by atoms with Crippen molar-refractivity contribution in [2.24, 2.45) is 5.10 Å². The van der Waals surface area contributed by atoms with Crippen molar-refractivity contribution >= 4 is 11.6 Å². The first-order valence-electron chi connectivity index (χ1n) is 8.13. The molecular weight excluding hydrogens is 332 g/mol. The number of ether oxygens (including phenoxy) is 3. The van der Waals surface area contributed by atoms with Crippen LogP contribution in [0.5, 0.6) is 17.2 Å². The first-order chi connectivity index (χ1) is 12.4. The smallest absolute Gasteiger partial charge is 0.271 e. The number of nitrogens with zero attached hydrogens (tertiary/aromatic N) is 1. The summed E-state index contributed by atoms with van der Waals surface area (Å²) in [5, 5.41) is 4.20. The van der Waals surface area contributed by atoms with E-state index < -0.39 is 0 Å². The SMILES string of the molecule is COc1cc(C(=O)N/N=C(/C)c2ccc(C)c(C)c2)cc(OC)c1OC. The molecule has 0 saturated heterocycles. The van der Waals surface area contributed by atoms with Gasteiger partial charge in [0.05, 0.1) is 27.0 Å².